The summed E-state index contributed by atoms with van der Waals surface area (Å²) in [5, 5.41) is 2.06. The summed E-state index contributed by atoms with van der Waals surface area (Å²) in [6.45, 7) is 4.68. The molecule has 0 N–H and O–H groups in total. The molecular formula is C49H35NO2. The van der Waals surface area contributed by atoms with E-state index in [9.17, 15) is 0 Å². The molecule has 0 saturated carbocycles. The van der Waals surface area contributed by atoms with Crippen LogP contribution in [0.5, 0.6) is 23.0 Å². The van der Waals surface area contributed by atoms with Crippen molar-refractivity contribution in [2.75, 3.05) is 4.90 Å². The number of benzene rings is 8. The van der Waals surface area contributed by atoms with E-state index < -0.39 is 0 Å². The van der Waals surface area contributed by atoms with Gasteiger partial charge in [0.15, 0.2) is 11.5 Å². The predicted octanol–water partition coefficient (Wildman–Crippen LogP) is 13.8. The van der Waals surface area contributed by atoms with Gasteiger partial charge in [-0.3, -0.25) is 0 Å². The Kier molecular flexibility index (Phi) is 6.84. The smallest absolute Gasteiger partial charge is 0.177 e. The SMILES string of the molecule is CC1(C)c2ccccc2-c2ccc(N(c3ccccc3)c3ccccc3-c3ccccc3-c3cccc4c3Oc3cccc5cccc(c35)O4)cc21. The molecule has 0 radical (unpaired) electrons. The van der Waals surface area contributed by atoms with Gasteiger partial charge in [0, 0.05) is 27.9 Å². The molecule has 8 aromatic carbocycles. The molecule has 0 spiro atoms. The van der Waals surface area contributed by atoms with Gasteiger partial charge < -0.3 is 14.4 Å². The molecule has 3 heteroatoms. The molecule has 0 saturated heterocycles. The molecule has 3 nitrogen and oxygen atoms in total. The number of ether oxygens (including phenoxy) is 2. The number of rotatable bonds is 5. The van der Waals surface area contributed by atoms with Crippen molar-refractivity contribution in [3.05, 3.63) is 187 Å². The van der Waals surface area contributed by atoms with Gasteiger partial charge in [-0.1, -0.05) is 141 Å². The van der Waals surface area contributed by atoms with E-state index in [0.29, 0.717) is 11.5 Å². The Bertz CT molecular complexity index is 2670. The Hall–Kier alpha value is -6.58. The van der Waals surface area contributed by atoms with Gasteiger partial charge in [0.2, 0.25) is 0 Å². The molecule has 0 fully saturated rings. The second-order valence-corrected chi connectivity index (χ2v) is 14.1. The first-order valence-electron chi connectivity index (χ1n) is 17.9. The minimum Gasteiger partial charge on any atom is -0.453 e. The molecule has 1 aliphatic heterocycles. The normalized spacial score (nSPS) is 13.3. The van der Waals surface area contributed by atoms with E-state index in [2.05, 4.69) is 164 Å². The van der Waals surface area contributed by atoms with Gasteiger partial charge in [0.1, 0.15) is 11.5 Å². The van der Waals surface area contributed by atoms with E-state index >= 15 is 0 Å². The first kappa shape index (κ1) is 30.3. The van der Waals surface area contributed by atoms with E-state index in [4.69, 9.17) is 9.47 Å². The number of hydrogen-bond acceptors (Lipinski definition) is 3. The van der Waals surface area contributed by atoms with Crippen molar-refractivity contribution in [1.82, 2.24) is 0 Å². The molecular weight excluding hydrogens is 635 g/mol. The van der Waals surface area contributed by atoms with Crippen molar-refractivity contribution in [1.29, 1.82) is 0 Å². The molecule has 0 atom stereocenters. The van der Waals surface area contributed by atoms with Crippen molar-refractivity contribution < 1.29 is 9.47 Å². The highest BCUT2D eigenvalue weighted by Gasteiger charge is 2.36. The van der Waals surface area contributed by atoms with Crippen LogP contribution in [0.4, 0.5) is 17.1 Å². The third-order valence-corrected chi connectivity index (χ3v) is 10.7. The zero-order valence-corrected chi connectivity index (χ0v) is 29.0. The molecule has 2 aliphatic rings. The van der Waals surface area contributed by atoms with E-state index in [1.165, 1.54) is 22.3 Å². The van der Waals surface area contributed by atoms with Crippen molar-refractivity contribution in [2.45, 2.75) is 19.3 Å². The molecule has 0 bridgehead atoms. The maximum atomic E-state index is 6.82. The summed E-state index contributed by atoms with van der Waals surface area (Å²) < 4.78 is 13.4. The van der Waals surface area contributed by atoms with Gasteiger partial charge in [0.05, 0.1) is 11.1 Å². The van der Waals surface area contributed by atoms with Crippen LogP contribution in [0.1, 0.15) is 25.0 Å². The van der Waals surface area contributed by atoms with Crippen LogP contribution in [0.3, 0.4) is 0 Å². The number of hydrogen-bond donors (Lipinski definition) is 0. The Balaban J connectivity index is 1.15. The number of fused-ring (bicyclic) bond motifs is 4. The van der Waals surface area contributed by atoms with Crippen molar-refractivity contribution in [3.63, 3.8) is 0 Å². The summed E-state index contributed by atoms with van der Waals surface area (Å²) >= 11 is 0. The average molecular weight is 670 g/mol. The topological polar surface area (TPSA) is 21.7 Å². The summed E-state index contributed by atoms with van der Waals surface area (Å²) in [7, 11) is 0. The van der Waals surface area contributed by atoms with Crippen LogP contribution in [0.25, 0.3) is 44.2 Å². The largest absolute Gasteiger partial charge is 0.453 e. The lowest BCUT2D eigenvalue weighted by Crippen LogP contribution is -2.16. The standard InChI is InChI=1S/C49H35NO2/c1-49(2)41-24-10-8-21-37(41)38-30-29-34(31-42(38)49)50(33-17-4-3-5-18-33)43-25-11-9-22-39(43)35-19-6-7-20-36(35)40-23-14-28-46-48(40)52-45-27-13-16-32-15-12-26-44(51-46)47(32)45/h3-31H,1-2H3. The van der Waals surface area contributed by atoms with Crippen LogP contribution < -0.4 is 14.4 Å². The Labute approximate surface area is 304 Å². The number of para-hydroxylation sites is 3. The lowest BCUT2D eigenvalue weighted by molar-refractivity contribution is 0.441. The van der Waals surface area contributed by atoms with Crippen molar-refractivity contribution in [3.8, 4) is 56.4 Å². The predicted molar refractivity (Wildman–Crippen MR) is 214 cm³/mol. The third kappa shape index (κ3) is 4.66. The number of anilines is 3. The fourth-order valence-corrected chi connectivity index (χ4v) is 8.27. The monoisotopic (exact) mass is 669 g/mol. The number of nitrogens with zero attached hydrogens (tertiary/aromatic N) is 1. The van der Waals surface area contributed by atoms with Crippen LogP contribution >= 0.6 is 0 Å². The molecule has 1 aliphatic carbocycles. The maximum Gasteiger partial charge on any atom is 0.177 e. The van der Waals surface area contributed by atoms with Crippen LogP contribution in [-0.4, -0.2) is 0 Å². The fraction of sp³-hybridized carbons (Fsp3) is 0.0612. The molecule has 0 aromatic heterocycles. The van der Waals surface area contributed by atoms with Crippen molar-refractivity contribution in [2.24, 2.45) is 0 Å². The summed E-state index contributed by atoms with van der Waals surface area (Å²) in [5.41, 5.74) is 12.8. The van der Waals surface area contributed by atoms with Gasteiger partial charge in [0.25, 0.3) is 0 Å². The fourth-order valence-electron chi connectivity index (χ4n) is 8.27. The quantitative estimate of drug-likeness (QED) is 0.182. The van der Waals surface area contributed by atoms with Crippen LogP contribution in [0.2, 0.25) is 0 Å². The molecule has 1 heterocycles. The zero-order valence-electron chi connectivity index (χ0n) is 29.0. The molecule has 8 aromatic rings. The van der Waals surface area contributed by atoms with E-state index in [0.717, 1.165) is 61.6 Å². The summed E-state index contributed by atoms with van der Waals surface area (Å²) in [5.74, 6) is 2.98. The first-order chi connectivity index (χ1) is 25.6. The Morgan fingerprint density at radius 2 is 0.981 bits per heavy atom. The first-order valence-corrected chi connectivity index (χ1v) is 17.9. The molecule has 10 rings (SSSR count). The highest BCUT2D eigenvalue weighted by atomic mass is 16.5. The zero-order chi connectivity index (χ0) is 34.8. The highest BCUT2D eigenvalue weighted by molar-refractivity contribution is 5.98. The Morgan fingerprint density at radius 3 is 1.77 bits per heavy atom. The van der Waals surface area contributed by atoms with Gasteiger partial charge >= 0.3 is 0 Å². The summed E-state index contributed by atoms with van der Waals surface area (Å²) in [6, 6.07) is 62.3. The summed E-state index contributed by atoms with van der Waals surface area (Å²) in [6.07, 6.45) is 0. The second kappa shape index (κ2) is 11.8. The van der Waals surface area contributed by atoms with Gasteiger partial charge in [-0.2, -0.15) is 0 Å². The highest BCUT2D eigenvalue weighted by Crippen LogP contribution is 2.53. The maximum absolute atomic E-state index is 6.82. The molecule has 248 valence electrons. The van der Waals surface area contributed by atoms with E-state index in [1.807, 2.05) is 30.3 Å². The minimum atomic E-state index is -0.117. The van der Waals surface area contributed by atoms with Gasteiger partial charge in [-0.15, -0.1) is 0 Å². The van der Waals surface area contributed by atoms with Crippen LogP contribution in [0.15, 0.2) is 176 Å². The molecule has 0 amide bonds. The molecule has 0 unspecified atom stereocenters. The van der Waals surface area contributed by atoms with Crippen LogP contribution in [0, 0.1) is 0 Å². The second-order valence-electron chi connectivity index (χ2n) is 14.1. The molecule has 52 heavy (non-hydrogen) atoms. The van der Waals surface area contributed by atoms with Crippen molar-refractivity contribution >= 4 is 27.8 Å². The Morgan fingerprint density at radius 1 is 0.404 bits per heavy atom. The lowest BCUT2D eigenvalue weighted by Gasteiger charge is -2.30. The van der Waals surface area contributed by atoms with Gasteiger partial charge in [-0.05, 0) is 87.3 Å². The lowest BCUT2D eigenvalue weighted by atomic mass is 9.82. The van der Waals surface area contributed by atoms with E-state index in [-0.39, 0.29) is 5.41 Å². The average Bonchev–Trinajstić information content (AvgIpc) is 3.29. The third-order valence-electron chi connectivity index (χ3n) is 10.7. The summed E-state index contributed by atoms with van der Waals surface area (Å²) in [4.78, 5) is 2.40. The van der Waals surface area contributed by atoms with Crippen LogP contribution in [-0.2, 0) is 5.41 Å². The minimum absolute atomic E-state index is 0.117. The van der Waals surface area contributed by atoms with E-state index in [1.54, 1.807) is 0 Å². The van der Waals surface area contributed by atoms with Gasteiger partial charge in [-0.25, -0.2) is 0 Å².